The zero-order valence-corrected chi connectivity index (χ0v) is 12.3. The molecule has 2 rings (SSSR count). The molecular formula is C15H17ClN2O2. The van der Waals surface area contributed by atoms with Gasteiger partial charge in [-0.05, 0) is 37.6 Å². The molecular weight excluding hydrogens is 276 g/mol. The Morgan fingerprint density at radius 3 is 2.50 bits per heavy atom. The van der Waals surface area contributed by atoms with Gasteiger partial charge in [0.15, 0.2) is 11.5 Å². The van der Waals surface area contributed by atoms with E-state index < -0.39 is 0 Å². The fraction of sp³-hybridized carbons (Fsp3) is 0.267. The Morgan fingerprint density at radius 2 is 1.80 bits per heavy atom. The van der Waals surface area contributed by atoms with E-state index in [-0.39, 0.29) is 0 Å². The quantitative estimate of drug-likeness (QED) is 0.911. The number of nitrogens with zero attached hydrogens (tertiary/aromatic N) is 1. The molecule has 0 spiro atoms. The van der Waals surface area contributed by atoms with Crippen molar-refractivity contribution in [1.29, 1.82) is 0 Å². The van der Waals surface area contributed by atoms with Crippen LogP contribution in [-0.4, -0.2) is 18.2 Å². The molecule has 1 heterocycles. The van der Waals surface area contributed by atoms with E-state index in [1.54, 1.807) is 6.07 Å². The van der Waals surface area contributed by atoms with Gasteiger partial charge in [0.2, 0.25) is 0 Å². The van der Waals surface area contributed by atoms with Crippen LogP contribution in [0, 0.1) is 0 Å². The van der Waals surface area contributed by atoms with Crippen LogP contribution < -0.4 is 15.2 Å². The molecule has 0 bridgehead atoms. The van der Waals surface area contributed by atoms with Crippen LogP contribution in [0.25, 0.3) is 11.1 Å². The van der Waals surface area contributed by atoms with E-state index in [9.17, 15) is 0 Å². The Hall–Kier alpha value is -1.94. The lowest BCUT2D eigenvalue weighted by Crippen LogP contribution is -1.99. The number of anilines is 1. The van der Waals surface area contributed by atoms with Crippen molar-refractivity contribution in [1.82, 2.24) is 4.98 Å². The Bertz CT molecular complexity index is 602. The minimum Gasteiger partial charge on any atom is -0.490 e. The fourth-order valence-electron chi connectivity index (χ4n) is 1.90. The molecule has 0 fully saturated rings. The molecule has 5 heteroatoms. The van der Waals surface area contributed by atoms with Gasteiger partial charge in [-0.2, -0.15) is 0 Å². The van der Waals surface area contributed by atoms with E-state index in [1.165, 1.54) is 6.20 Å². The average molecular weight is 293 g/mol. The average Bonchev–Trinajstić information content (AvgIpc) is 2.44. The summed E-state index contributed by atoms with van der Waals surface area (Å²) in [4.78, 5) is 4.06. The molecule has 2 aromatic rings. The minimum atomic E-state index is 0.431. The second-order valence-electron chi connectivity index (χ2n) is 4.11. The van der Waals surface area contributed by atoms with Gasteiger partial charge in [-0.3, -0.25) is 0 Å². The lowest BCUT2D eigenvalue weighted by molar-refractivity contribution is 0.288. The molecule has 0 aliphatic carbocycles. The van der Waals surface area contributed by atoms with Gasteiger partial charge in [0.25, 0.3) is 0 Å². The first-order valence-electron chi connectivity index (χ1n) is 6.46. The van der Waals surface area contributed by atoms with Gasteiger partial charge in [-0.15, -0.1) is 0 Å². The normalized spacial score (nSPS) is 10.3. The van der Waals surface area contributed by atoms with Crippen LogP contribution in [0.1, 0.15) is 13.8 Å². The molecule has 0 atom stereocenters. The zero-order chi connectivity index (χ0) is 14.5. The summed E-state index contributed by atoms with van der Waals surface area (Å²) in [6, 6.07) is 7.45. The van der Waals surface area contributed by atoms with Gasteiger partial charge in [0, 0.05) is 11.8 Å². The number of nitrogen functional groups attached to an aromatic ring is 1. The van der Waals surface area contributed by atoms with Crippen LogP contribution in [0.15, 0.2) is 30.5 Å². The maximum Gasteiger partial charge on any atom is 0.161 e. The lowest BCUT2D eigenvalue weighted by Gasteiger charge is -2.13. The fourth-order valence-corrected chi connectivity index (χ4v) is 2.06. The first-order valence-corrected chi connectivity index (χ1v) is 6.84. The number of nitrogens with two attached hydrogens (primary N) is 1. The van der Waals surface area contributed by atoms with Crippen LogP contribution in [0.4, 0.5) is 5.82 Å². The Balaban J connectivity index is 2.46. The smallest absolute Gasteiger partial charge is 0.161 e. The number of ether oxygens (including phenoxy) is 2. The number of benzene rings is 1. The molecule has 0 aliphatic rings. The highest BCUT2D eigenvalue weighted by Gasteiger charge is 2.10. The van der Waals surface area contributed by atoms with Crippen molar-refractivity contribution in [3.8, 4) is 22.6 Å². The third kappa shape index (κ3) is 3.14. The predicted octanol–water partition coefficient (Wildman–Crippen LogP) is 3.78. The zero-order valence-electron chi connectivity index (χ0n) is 11.5. The first-order chi connectivity index (χ1) is 9.65. The summed E-state index contributed by atoms with van der Waals surface area (Å²) in [7, 11) is 0. The van der Waals surface area contributed by atoms with Crippen LogP contribution in [0.2, 0.25) is 5.02 Å². The maximum absolute atomic E-state index is 5.97. The summed E-state index contributed by atoms with van der Waals surface area (Å²) in [5.74, 6) is 1.83. The summed E-state index contributed by atoms with van der Waals surface area (Å²) in [6.45, 7) is 5.01. The highest BCUT2D eigenvalue weighted by Crippen LogP contribution is 2.35. The summed E-state index contributed by atoms with van der Waals surface area (Å²) in [5, 5.41) is 0.543. The molecule has 20 heavy (non-hydrogen) atoms. The van der Waals surface area contributed by atoms with Gasteiger partial charge < -0.3 is 15.2 Å². The number of hydrogen-bond acceptors (Lipinski definition) is 4. The third-order valence-corrected chi connectivity index (χ3v) is 2.95. The molecule has 0 amide bonds. The highest BCUT2D eigenvalue weighted by atomic mass is 35.5. The van der Waals surface area contributed by atoms with Crippen LogP contribution in [-0.2, 0) is 0 Å². The van der Waals surface area contributed by atoms with E-state index in [0.29, 0.717) is 35.6 Å². The first kappa shape index (κ1) is 14.5. The Kier molecular flexibility index (Phi) is 4.69. The van der Waals surface area contributed by atoms with Crippen molar-refractivity contribution in [2.24, 2.45) is 0 Å². The molecule has 0 saturated carbocycles. The van der Waals surface area contributed by atoms with E-state index in [0.717, 1.165) is 11.1 Å². The van der Waals surface area contributed by atoms with Crippen LogP contribution in [0.3, 0.4) is 0 Å². The molecule has 2 N–H and O–H groups in total. The SMILES string of the molecule is CCOc1ccc(-c2cc(Cl)cnc2N)cc1OCC. The maximum atomic E-state index is 5.97. The lowest BCUT2D eigenvalue weighted by atomic mass is 10.1. The number of pyridine rings is 1. The Labute approximate surface area is 123 Å². The van der Waals surface area contributed by atoms with E-state index in [4.69, 9.17) is 26.8 Å². The minimum absolute atomic E-state index is 0.431. The van der Waals surface area contributed by atoms with E-state index in [2.05, 4.69) is 4.98 Å². The van der Waals surface area contributed by atoms with Gasteiger partial charge in [-0.25, -0.2) is 4.98 Å². The molecule has 4 nitrogen and oxygen atoms in total. The number of aromatic nitrogens is 1. The topological polar surface area (TPSA) is 57.4 Å². The second kappa shape index (κ2) is 6.48. The molecule has 0 unspecified atom stereocenters. The summed E-state index contributed by atoms with van der Waals surface area (Å²) >= 11 is 5.97. The van der Waals surface area contributed by atoms with Gasteiger partial charge in [0.1, 0.15) is 5.82 Å². The second-order valence-corrected chi connectivity index (χ2v) is 4.55. The largest absolute Gasteiger partial charge is 0.490 e. The van der Waals surface area contributed by atoms with Crippen LogP contribution >= 0.6 is 11.6 Å². The van der Waals surface area contributed by atoms with Gasteiger partial charge >= 0.3 is 0 Å². The highest BCUT2D eigenvalue weighted by molar-refractivity contribution is 6.30. The van der Waals surface area contributed by atoms with E-state index >= 15 is 0 Å². The molecule has 106 valence electrons. The number of rotatable bonds is 5. The van der Waals surface area contributed by atoms with Crippen molar-refractivity contribution in [2.45, 2.75) is 13.8 Å². The van der Waals surface area contributed by atoms with Crippen molar-refractivity contribution in [2.75, 3.05) is 18.9 Å². The van der Waals surface area contributed by atoms with Crippen molar-refractivity contribution >= 4 is 17.4 Å². The predicted molar refractivity (Wildman–Crippen MR) is 81.4 cm³/mol. The van der Waals surface area contributed by atoms with Crippen molar-refractivity contribution in [3.05, 3.63) is 35.5 Å². The molecule has 0 saturated heterocycles. The van der Waals surface area contributed by atoms with E-state index in [1.807, 2.05) is 32.0 Å². The molecule has 0 radical (unpaired) electrons. The van der Waals surface area contributed by atoms with Crippen LogP contribution in [0.5, 0.6) is 11.5 Å². The number of hydrogen-bond donors (Lipinski definition) is 1. The van der Waals surface area contributed by atoms with Crippen molar-refractivity contribution < 1.29 is 9.47 Å². The molecule has 1 aromatic carbocycles. The Morgan fingerprint density at radius 1 is 1.10 bits per heavy atom. The monoisotopic (exact) mass is 292 g/mol. The standard InChI is InChI=1S/C15H17ClN2O2/c1-3-19-13-6-5-10(7-14(13)20-4-2)12-8-11(16)9-18-15(12)17/h5-9H,3-4H2,1-2H3,(H2,17,18). The number of halogens is 1. The molecule has 1 aromatic heterocycles. The van der Waals surface area contributed by atoms with Gasteiger partial charge in [-0.1, -0.05) is 17.7 Å². The third-order valence-electron chi connectivity index (χ3n) is 2.74. The summed E-state index contributed by atoms with van der Waals surface area (Å²) in [5.41, 5.74) is 7.57. The summed E-state index contributed by atoms with van der Waals surface area (Å²) in [6.07, 6.45) is 1.53. The van der Waals surface area contributed by atoms with Crippen molar-refractivity contribution in [3.63, 3.8) is 0 Å². The van der Waals surface area contributed by atoms with Gasteiger partial charge in [0.05, 0.1) is 18.2 Å². The molecule has 0 aliphatic heterocycles. The summed E-state index contributed by atoms with van der Waals surface area (Å²) < 4.78 is 11.1.